The van der Waals surface area contributed by atoms with E-state index in [4.69, 9.17) is 27.9 Å². The Balaban J connectivity index is 1.23. The number of amides is 1. The smallest absolute Gasteiger partial charge is 0.326 e. The number of nitrogens with zero attached hydrogens (tertiary/aromatic N) is 2. The van der Waals surface area contributed by atoms with Gasteiger partial charge < -0.3 is 14.7 Å². The first-order chi connectivity index (χ1) is 18.6. The van der Waals surface area contributed by atoms with Gasteiger partial charge in [0.2, 0.25) is 0 Å². The fourth-order valence-electron chi connectivity index (χ4n) is 5.71. The number of alkyl halides is 1. The molecule has 1 saturated carbocycles. The average molecular weight is 581 g/mol. The molecule has 10 heteroatoms. The molecule has 3 unspecified atom stereocenters. The van der Waals surface area contributed by atoms with E-state index in [9.17, 15) is 19.1 Å². The number of carboxylic acids is 1. The predicted octanol–water partition coefficient (Wildman–Crippen LogP) is 6.50. The van der Waals surface area contributed by atoms with Crippen LogP contribution in [0.1, 0.15) is 72.5 Å². The zero-order chi connectivity index (χ0) is 27.8. The zero-order valence-corrected chi connectivity index (χ0v) is 23.2. The fourth-order valence-corrected chi connectivity index (χ4v) is 6.26. The van der Waals surface area contributed by atoms with Crippen LogP contribution < -0.4 is 4.74 Å². The summed E-state index contributed by atoms with van der Waals surface area (Å²) in [5, 5.41) is 10.6. The maximum absolute atomic E-state index is 15.2. The van der Waals surface area contributed by atoms with E-state index in [-0.39, 0.29) is 30.5 Å². The highest BCUT2D eigenvalue weighted by atomic mass is 35.5. The van der Waals surface area contributed by atoms with Crippen molar-refractivity contribution in [2.75, 3.05) is 26.2 Å². The molecule has 0 bridgehead atoms. The molecule has 39 heavy (non-hydrogen) atoms. The van der Waals surface area contributed by atoms with Gasteiger partial charge in [-0.25, -0.2) is 13.6 Å². The number of ether oxygens (including phenoxy) is 1. The third-order valence-electron chi connectivity index (χ3n) is 8.18. The minimum atomic E-state index is -1.44. The van der Waals surface area contributed by atoms with Crippen LogP contribution in [0.5, 0.6) is 5.75 Å². The molecule has 210 valence electrons. The summed E-state index contributed by atoms with van der Waals surface area (Å²) < 4.78 is 35.2. The lowest BCUT2D eigenvalue weighted by Crippen LogP contribution is -2.41. The normalized spacial score (nSPS) is 23.2. The van der Waals surface area contributed by atoms with Gasteiger partial charge in [0.15, 0.2) is 0 Å². The molecule has 2 aliphatic heterocycles. The number of hydrogen-bond donors (Lipinski definition) is 1. The summed E-state index contributed by atoms with van der Waals surface area (Å²) in [5.41, 5.74) is 1.60. The molecule has 1 amide bonds. The van der Waals surface area contributed by atoms with Crippen LogP contribution in [-0.4, -0.2) is 65.2 Å². The number of benzene rings is 2. The van der Waals surface area contributed by atoms with Gasteiger partial charge in [0.1, 0.15) is 23.8 Å². The van der Waals surface area contributed by atoms with Crippen molar-refractivity contribution in [1.29, 1.82) is 0 Å². The molecule has 1 N–H and O–H groups in total. The number of rotatable bonds is 8. The van der Waals surface area contributed by atoms with Gasteiger partial charge in [-0.1, -0.05) is 23.2 Å². The molecule has 3 atom stereocenters. The topological polar surface area (TPSA) is 70.1 Å². The van der Waals surface area contributed by atoms with Crippen LogP contribution in [0, 0.1) is 11.7 Å². The Bertz CT molecular complexity index is 1230. The third-order valence-corrected chi connectivity index (χ3v) is 8.62. The fraction of sp³-hybridized carbons (Fsp3) is 0.517. The SMILES string of the molecule is CC(c1cc(Cl)cc(Cl)c1)N1CCC(COc2cc(F)c(C(=O)N3CC(F)CC3C(=O)O)cc2C2CC2)CC1. The minimum absolute atomic E-state index is 0.169. The first-order valence-electron chi connectivity index (χ1n) is 13.4. The number of carbonyl (C=O) groups excluding carboxylic acids is 1. The van der Waals surface area contributed by atoms with Crippen molar-refractivity contribution in [3.63, 3.8) is 0 Å². The van der Waals surface area contributed by atoms with Crippen LogP contribution in [0.2, 0.25) is 10.0 Å². The van der Waals surface area contributed by atoms with Gasteiger partial charge in [-0.2, -0.15) is 0 Å². The van der Waals surface area contributed by atoms with E-state index in [1.54, 1.807) is 6.07 Å². The second kappa shape index (κ2) is 11.6. The highest BCUT2D eigenvalue weighted by Gasteiger charge is 2.41. The lowest BCUT2D eigenvalue weighted by Gasteiger charge is -2.36. The third kappa shape index (κ3) is 6.34. The predicted molar refractivity (Wildman–Crippen MR) is 145 cm³/mol. The standard InChI is InChI=1S/C29H32Cl2F2N2O4/c1-16(19-8-20(30)10-21(31)9-19)34-6-4-17(5-7-34)15-39-27-13-25(33)24(12-23(27)18-2-3-18)28(36)35-14-22(32)11-26(35)29(37)38/h8-10,12-13,16-18,22,26H,2-7,11,14-15H2,1H3,(H,37,38). The molecular formula is C29H32Cl2F2N2O4. The molecule has 0 spiro atoms. The molecule has 2 aromatic rings. The molecule has 2 heterocycles. The Labute approximate surface area is 236 Å². The van der Waals surface area contributed by atoms with Gasteiger partial charge in [0, 0.05) is 28.6 Å². The highest BCUT2D eigenvalue weighted by molar-refractivity contribution is 6.34. The van der Waals surface area contributed by atoms with Crippen molar-refractivity contribution in [3.05, 3.63) is 62.9 Å². The summed E-state index contributed by atoms with van der Waals surface area (Å²) in [6.07, 6.45) is 1.94. The van der Waals surface area contributed by atoms with Crippen LogP contribution >= 0.6 is 23.2 Å². The summed E-state index contributed by atoms with van der Waals surface area (Å²) >= 11 is 12.4. The molecule has 3 aliphatic rings. The van der Waals surface area contributed by atoms with Crippen LogP contribution in [-0.2, 0) is 4.79 Å². The number of carboxylic acid groups (broad SMARTS) is 1. The number of likely N-dealkylation sites (tertiary alicyclic amines) is 2. The lowest BCUT2D eigenvalue weighted by molar-refractivity contribution is -0.141. The molecule has 0 radical (unpaired) electrons. The van der Waals surface area contributed by atoms with Crippen LogP contribution in [0.4, 0.5) is 8.78 Å². The summed E-state index contributed by atoms with van der Waals surface area (Å²) in [5.74, 6) is -1.97. The Morgan fingerprint density at radius 3 is 2.36 bits per heavy atom. The highest BCUT2D eigenvalue weighted by Crippen LogP contribution is 2.45. The molecule has 2 aromatic carbocycles. The molecule has 1 aliphatic carbocycles. The van der Waals surface area contributed by atoms with Crippen molar-refractivity contribution in [3.8, 4) is 5.75 Å². The summed E-state index contributed by atoms with van der Waals surface area (Å²) in [7, 11) is 0. The maximum Gasteiger partial charge on any atom is 0.326 e. The lowest BCUT2D eigenvalue weighted by atomic mass is 9.95. The van der Waals surface area contributed by atoms with E-state index in [2.05, 4.69) is 11.8 Å². The molecule has 5 rings (SSSR count). The largest absolute Gasteiger partial charge is 0.493 e. The average Bonchev–Trinajstić information content (AvgIpc) is 3.66. The number of carbonyl (C=O) groups is 2. The Morgan fingerprint density at radius 2 is 1.74 bits per heavy atom. The Morgan fingerprint density at radius 1 is 1.08 bits per heavy atom. The number of hydrogen-bond acceptors (Lipinski definition) is 4. The first-order valence-corrected chi connectivity index (χ1v) is 14.2. The van der Waals surface area contributed by atoms with E-state index in [0.29, 0.717) is 28.3 Å². The second-order valence-corrected chi connectivity index (χ2v) is 11.8. The van der Waals surface area contributed by atoms with Crippen molar-refractivity contribution >= 4 is 35.1 Å². The van der Waals surface area contributed by atoms with E-state index in [0.717, 1.165) is 54.8 Å². The molecule has 6 nitrogen and oxygen atoms in total. The van der Waals surface area contributed by atoms with Gasteiger partial charge in [0.25, 0.3) is 5.91 Å². The number of piperidine rings is 1. The quantitative estimate of drug-likeness (QED) is 0.386. The monoisotopic (exact) mass is 580 g/mol. The zero-order valence-electron chi connectivity index (χ0n) is 21.7. The molecule has 2 saturated heterocycles. The van der Waals surface area contributed by atoms with Crippen molar-refractivity contribution in [2.24, 2.45) is 5.92 Å². The van der Waals surface area contributed by atoms with Crippen LogP contribution in [0.3, 0.4) is 0 Å². The van der Waals surface area contributed by atoms with Gasteiger partial charge in [0.05, 0.1) is 18.7 Å². The van der Waals surface area contributed by atoms with Crippen molar-refractivity contribution in [2.45, 2.75) is 63.2 Å². The van der Waals surface area contributed by atoms with Gasteiger partial charge in [-0.3, -0.25) is 9.69 Å². The van der Waals surface area contributed by atoms with Gasteiger partial charge in [-0.15, -0.1) is 0 Å². The second-order valence-electron chi connectivity index (χ2n) is 11.0. The van der Waals surface area contributed by atoms with E-state index in [1.165, 1.54) is 12.1 Å². The molecular weight excluding hydrogens is 549 g/mol. The van der Waals surface area contributed by atoms with E-state index < -0.39 is 29.9 Å². The Kier molecular flexibility index (Phi) is 8.36. The molecule has 0 aromatic heterocycles. The summed E-state index contributed by atoms with van der Waals surface area (Å²) in [6, 6.07) is 7.20. The minimum Gasteiger partial charge on any atom is -0.493 e. The van der Waals surface area contributed by atoms with Crippen molar-refractivity contribution in [1.82, 2.24) is 9.80 Å². The number of halogens is 4. The van der Waals surface area contributed by atoms with Crippen LogP contribution in [0.25, 0.3) is 0 Å². The van der Waals surface area contributed by atoms with Gasteiger partial charge >= 0.3 is 5.97 Å². The summed E-state index contributed by atoms with van der Waals surface area (Å²) in [4.78, 5) is 27.9. The van der Waals surface area contributed by atoms with E-state index >= 15 is 4.39 Å². The van der Waals surface area contributed by atoms with E-state index in [1.807, 2.05) is 12.1 Å². The Hall–Kier alpha value is -2.42. The van der Waals surface area contributed by atoms with Crippen LogP contribution in [0.15, 0.2) is 30.3 Å². The maximum atomic E-state index is 15.2. The van der Waals surface area contributed by atoms with Gasteiger partial charge in [-0.05, 0) is 92.9 Å². The molecule has 3 fully saturated rings. The van der Waals surface area contributed by atoms with Crippen molar-refractivity contribution < 1.29 is 28.2 Å². The summed E-state index contributed by atoms with van der Waals surface area (Å²) in [6.45, 7) is 3.99. The number of aliphatic carboxylic acids is 1. The first kappa shape index (κ1) is 28.1.